The summed E-state index contributed by atoms with van der Waals surface area (Å²) in [6.07, 6.45) is 5.27. The van der Waals surface area contributed by atoms with E-state index < -0.39 is 0 Å². The molecular formula is C16H20FN3S. The van der Waals surface area contributed by atoms with Crippen LogP contribution in [0.25, 0.3) is 10.9 Å². The second-order valence-corrected chi connectivity index (χ2v) is 6.96. The molecule has 1 fully saturated rings. The maximum atomic E-state index is 13.6. The minimum absolute atomic E-state index is 0.229. The molecule has 21 heavy (non-hydrogen) atoms. The summed E-state index contributed by atoms with van der Waals surface area (Å²) in [6.45, 7) is 4.18. The molecule has 1 aliphatic heterocycles. The highest BCUT2D eigenvalue weighted by Gasteiger charge is 2.21. The number of anilines is 1. The lowest BCUT2D eigenvalue weighted by Gasteiger charge is -2.26. The molecule has 1 atom stereocenters. The molecule has 2 aromatic rings. The molecule has 1 unspecified atom stereocenters. The van der Waals surface area contributed by atoms with E-state index in [1.165, 1.54) is 25.3 Å². The van der Waals surface area contributed by atoms with Crippen molar-refractivity contribution in [2.75, 3.05) is 23.7 Å². The predicted molar refractivity (Wildman–Crippen MR) is 87.5 cm³/mol. The van der Waals surface area contributed by atoms with Gasteiger partial charge in [-0.1, -0.05) is 13.3 Å². The molecule has 0 N–H and O–H groups in total. The van der Waals surface area contributed by atoms with Gasteiger partial charge < -0.3 is 4.90 Å². The fourth-order valence-corrected chi connectivity index (χ4v) is 4.02. The largest absolute Gasteiger partial charge is 0.355 e. The molecule has 0 aliphatic carbocycles. The molecule has 1 aromatic heterocycles. The Morgan fingerprint density at radius 3 is 3.10 bits per heavy atom. The van der Waals surface area contributed by atoms with Crippen LogP contribution < -0.4 is 4.90 Å². The minimum Gasteiger partial charge on any atom is -0.355 e. The summed E-state index contributed by atoms with van der Waals surface area (Å²) in [7, 11) is 0. The lowest BCUT2D eigenvalue weighted by molar-refractivity contribution is 0.629. The van der Waals surface area contributed by atoms with E-state index in [4.69, 9.17) is 0 Å². The van der Waals surface area contributed by atoms with Crippen LogP contribution in [0.3, 0.4) is 0 Å². The lowest BCUT2D eigenvalue weighted by atomic mass is 10.2. The van der Waals surface area contributed by atoms with Gasteiger partial charge in [0.2, 0.25) is 0 Å². The molecule has 3 nitrogen and oxygen atoms in total. The van der Waals surface area contributed by atoms with Crippen molar-refractivity contribution in [1.82, 2.24) is 9.97 Å². The van der Waals surface area contributed by atoms with Crippen LogP contribution in [0.15, 0.2) is 24.5 Å². The number of aromatic nitrogens is 2. The highest BCUT2D eigenvalue weighted by Crippen LogP contribution is 2.29. The van der Waals surface area contributed by atoms with E-state index in [-0.39, 0.29) is 5.82 Å². The average molecular weight is 305 g/mol. The second-order valence-electron chi connectivity index (χ2n) is 5.38. The first kappa shape index (κ1) is 14.6. The molecule has 0 spiro atoms. The molecule has 0 bridgehead atoms. The molecule has 0 amide bonds. The Kier molecular flexibility index (Phi) is 4.58. The lowest BCUT2D eigenvalue weighted by Crippen LogP contribution is -2.30. The van der Waals surface area contributed by atoms with Crippen LogP contribution in [0.5, 0.6) is 0 Å². The van der Waals surface area contributed by atoms with E-state index in [2.05, 4.69) is 21.8 Å². The predicted octanol–water partition coefficient (Wildman–Crippen LogP) is 3.88. The third-order valence-corrected chi connectivity index (χ3v) is 5.10. The SMILES string of the molecule is CCSC1CCCCN(c2ncnc3ccc(F)cc23)C1. The van der Waals surface area contributed by atoms with E-state index in [1.807, 2.05) is 11.8 Å². The number of hydrogen-bond donors (Lipinski definition) is 0. The zero-order valence-corrected chi connectivity index (χ0v) is 13.1. The zero-order chi connectivity index (χ0) is 14.7. The molecule has 112 valence electrons. The summed E-state index contributed by atoms with van der Waals surface area (Å²) < 4.78 is 13.6. The summed E-state index contributed by atoms with van der Waals surface area (Å²) >= 11 is 2.01. The quantitative estimate of drug-likeness (QED) is 0.860. The van der Waals surface area contributed by atoms with Crippen LogP contribution in [-0.2, 0) is 0 Å². The van der Waals surface area contributed by atoms with Gasteiger partial charge in [-0.3, -0.25) is 0 Å². The number of benzene rings is 1. The van der Waals surface area contributed by atoms with Crippen molar-refractivity contribution in [2.24, 2.45) is 0 Å². The Morgan fingerprint density at radius 2 is 2.24 bits per heavy atom. The van der Waals surface area contributed by atoms with Crippen LogP contribution in [0.4, 0.5) is 10.2 Å². The number of rotatable bonds is 3. The van der Waals surface area contributed by atoms with E-state index in [0.29, 0.717) is 5.25 Å². The van der Waals surface area contributed by atoms with Crippen molar-refractivity contribution in [2.45, 2.75) is 31.4 Å². The molecular weight excluding hydrogens is 285 g/mol. The number of halogens is 1. The number of nitrogens with zero attached hydrogens (tertiary/aromatic N) is 3. The molecule has 0 saturated carbocycles. The van der Waals surface area contributed by atoms with Crippen LogP contribution in [0, 0.1) is 5.82 Å². The van der Waals surface area contributed by atoms with Gasteiger partial charge in [-0.2, -0.15) is 11.8 Å². The van der Waals surface area contributed by atoms with Crippen molar-refractivity contribution < 1.29 is 4.39 Å². The molecule has 1 aromatic carbocycles. The van der Waals surface area contributed by atoms with Gasteiger partial charge in [-0.05, 0) is 36.8 Å². The van der Waals surface area contributed by atoms with Gasteiger partial charge in [0.15, 0.2) is 0 Å². The van der Waals surface area contributed by atoms with Crippen molar-refractivity contribution in [3.8, 4) is 0 Å². The summed E-state index contributed by atoms with van der Waals surface area (Å²) in [4.78, 5) is 11.0. The van der Waals surface area contributed by atoms with Crippen molar-refractivity contribution >= 4 is 28.5 Å². The maximum Gasteiger partial charge on any atom is 0.140 e. The molecule has 1 aliphatic rings. The molecule has 0 radical (unpaired) electrons. The van der Waals surface area contributed by atoms with Crippen molar-refractivity contribution in [1.29, 1.82) is 0 Å². The molecule has 3 rings (SSSR count). The summed E-state index contributed by atoms with van der Waals surface area (Å²) in [5, 5.41) is 1.45. The third-order valence-electron chi connectivity index (χ3n) is 3.91. The second kappa shape index (κ2) is 6.60. The van der Waals surface area contributed by atoms with E-state index >= 15 is 0 Å². The highest BCUT2D eigenvalue weighted by atomic mass is 32.2. The number of hydrogen-bond acceptors (Lipinski definition) is 4. The first-order chi connectivity index (χ1) is 10.3. The average Bonchev–Trinajstić information content (AvgIpc) is 2.72. The Hall–Kier alpha value is -1.36. The topological polar surface area (TPSA) is 29.0 Å². The van der Waals surface area contributed by atoms with Crippen molar-refractivity contribution in [3.05, 3.63) is 30.3 Å². The van der Waals surface area contributed by atoms with E-state index in [9.17, 15) is 4.39 Å². The van der Waals surface area contributed by atoms with Gasteiger partial charge in [-0.25, -0.2) is 14.4 Å². The monoisotopic (exact) mass is 305 g/mol. The van der Waals surface area contributed by atoms with Crippen LogP contribution in [-0.4, -0.2) is 34.1 Å². The normalized spacial score (nSPS) is 19.7. The fourth-order valence-electron chi connectivity index (χ4n) is 2.93. The van der Waals surface area contributed by atoms with E-state index in [0.717, 1.165) is 35.6 Å². The number of fused-ring (bicyclic) bond motifs is 1. The van der Waals surface area contributed by atoms with Gasteiger partial charge in [0, 0.05) is 23.7 Å². The summed E-state index contributed by atoms with van der Waals surface area (Å²) in [5.41, 5.74) is 0.811. The van der Waals surface area contributed by atoms with Gasteiger partial charge in [0.25, 0.3) is 0 Å². The summed E-state index contributed by atoms with van der Waals surface area (Å²) in [5.74, 6) is 1.79. The Morgan fingerprint density at radius 1 is 1.33 bits per heavy atom. The Labute approximate surface area is 129 Å². The first-order valence-corrected chi connectivity index (χ1v) is 8.59. The molecule has 1 saturated heterocycles. The Balaban J connectivity index is 1.96. The van der Waals surface area contributed by atoms with Crippen LogP contribution in [0.2, 0.25) is 0 Å². The van der Waals surface area contributed by atoms with Crippen LogP contribution >= 0.6 is 11.8 Å². The van der Waals surface area contributed by atoms with Crippen LogP contribution in [0.1, 0.15) is 26.2 Å². The first-order valence-electron chi connectivity index (χ1n) is 7.54. The van der Waals surface area contributed by atoms with E-state index in [1.54, 1.807) is 18.5 Å². The molecule has 2 heterocycles. The minimum atomic E-state index is -0.229. The molecule has 5 heteroatoms. The van der Waals surface area contributed by atoms with Gasteiger partial charge in [0.05, 0.1) is 5.52 Å². The zero-order valence-electron chi connectivity index (χ0n) is 12.3. The maximum absolute atomic E-state index is 13.6. The fraction of sp³-hybridized carbons (Fsp3) is 0.500. The highest BCUT2D eigenvalue weighted by molar-refractivity contribution is 7.99. The van der Waals surface area contributed by atoms with Gasteiger partial charge in [0.1, 0.15) is 18.0 Å². The summed E-state index contributed by atoms with van der Waals surface area (Å²) in [6, 6.07) is 4.74. The van der Waals surface area contributed by atoms with Gasteiger partial charge >= 0.3 is 0 Å². The third kappa shape index (κ3) is 3.28. The van der Waals surface area contributed by atoms with Gasteiger partial charge in [-0.15, -0.1) is 0 Å². The Bertz CT molecular complexity index is 619. The number of thioether (sulfide) groups is 1. The smallest absolute Gasteiger partial charge is 0.140 e. The van der Waals surface area contributed by atoms with Crippen molar-refractivity contribution in [3.63, 3.8) is 0 Å². The standard InChI is InChI=1S/C16H20FN3S/c1-2-21-13-5-3-4-8-20(10-13)16-14-9-12(17)6-7-15(14)18-11-19-16/h6-7,9,11,13H,2-5,8,10H2,1H3.